The Balaban J connectivity index is 2.76. The van der Waals surface area contributed by atoms with Crippen molar-refractivity contribution in [2.45, 2.75) is 6.04 Å². The summed E-state index contributed by atoms with van der Waals surface area (Å²) in [7, 11) is 0. The first-order chi connectivity index (χ1) is 4.88. The lowest BCUT2D eigenvalue weighted by Gasteiger charge is -2.02. The third-order valence-corrected chi connectivity index (χ3v) is 1.04. The number of H-pyrrole nitrogens is 1. The van der Waals surface area contributed by atoms with E-state index in [0.29, 0.717) is 5.82 Å². The van der Waals surface area contributed by atoms with Crippen molar-refractivity contribution in [1.82, 2.24) is 20.6 Å². The summed E-state index contributed by atoms with van der Waals surface area (Å²) in [5.41, 5.74) is 2.38. The number of aromatic nitrogens is 3. The lowest BCUT2D eigenvalue weighted by atomic mass is 10.3. The van der Waals surface area contributed by atoms with Crippen LogP contribution in [0.2, 0.25) is 0 Å². The molecule has 0 radical (unpaired) electrons. The monoisotopic (exact) mass is 137 g/mol. The van der Waals surface area contributed by atoms with Crippen LogP contribution >= 0.6 is 0 Å². The smallest absolute Gasteiger partial charge is 0.155 e. The van der Waals surface area contributed by atoms with Crippen LogP contribution in [0.1, 0.15) is 11.9 Å². The maximum Gasteiger partial charge on any atom is 0.155 e. The minimum atomic E-state index is -0.387. The number of nitrogens with one attached hydrogen (secondary N) is 2. The highest BCUT2D eigenvalue weighted by Gasteiger charge is 2.06. The summed E-state index contributed by atoms with van der Waals surface area (Å²) in [6, 6.07) is -0.387. The molecule has 1 unspecified atom stereocenters. The van der Waals surface area contributed by atoms with Gasteiger partial charge in [-0.2, -0.15) is 5.10 Å². The number of terminal acetylenes is 1. The molecule has 4 N–H and O–H groups in total. The van der Waals surface area contributed by atoms with Gasteiger partial charge in [0.2, 0.25) is 0 Å². The van der Waals surface area contributed by atoms with Crippen LogP contribution in [-0.2, 0) is 0 Å². The SMILES string of the molecule is C#CC(NN)c1ncn[nH]1. The lowest BCUT2D eigenvalue weighted by molar-refractivity contribution is 0.638. The van der Waals surface area contributed by atoms with Crippen molar-refractivity contribution in [3.05, 3.63) is 12.2 Å². The van der Waals surface area contributed by atoms with Crippen molar-refractivity contribution >= 4 is 0 Å². The van der Waals surface area contributed by atoms with Crippen LogP contribution in [0.5, 0.6) is 0 Å². The lowest BCUT2D eigenvalue weighted by Crippen LogP contribution is -2.27. The zero-order chi connectivity index (χ0) is 7.40. The Bertz CT molecular complexity index is 221. The van der Waals surface area contributed by atoms with E-state index in [-0.39, 0.29) is 6.04 Å². The first-order valence-corrected chi connectivity index (χ1v) is 2.66. The molecule has 1 heterocycles. The van der Waals surface area contributed by atoms with Crippen molar-refractivity contribution in [2.75, 3.05) is 0 Å². The first kappa shape index (κ1) is 6.74. The summed E-state index contributed by atoms with van der Waals surface area (Å²) in [6.45, 7) is 0. The molecule has 1 aromatic heterocycles. The molecule has 0 fully saturated rings. The standard InChI is InChI=1S/C5H7N5/c1-2-4(9-6)5-7-3-8-10-5/h1,3-4,9H,6H2,(H,7,8,10). The number of hydrogen-bond donors (Lipinski definition) is 3. The number of nitrogens with zero attached hydrogens (tertiary/aromatic N) is 2. The van der Waals surface area contributed by atoms with Crippen molar-refractivity contribution in [3.63, 3.8) is 0 Å². The summed E-state index contributed by atoms with van der Waals surface area (Å²) in [4.78, 5) is 3.81. The average Bonchev–Trinajstić information content (AvgIpc) is 2.43. The highest BCUT2D eigenvalue weighted by Crippen LogP contribution is 2.00. The van der Waals surface area contributed by atoms with Crippen molar-refractivity contribution < 1.29 is 0 Å². The van der Waals surface area contributed by atoms with Gasteiger partial charge in [-0.05, 0) is 0 Å². The molecule has 1 aromatic rings. The van der Waals surface area contributed by atoms with Gasteiger partial charge in [0.25, 0.3) is 0 Å². The van der Waals surface area contributed by atoms with Gasteiger partial charge in [-0.3, -0.25) is 10.9 Å². The van der Waals surface area contributed by atoms with Crippen LogP contribution in [0.4, 0.5) is 0 Å². The van der Waals surface area contributed by atoms with E-state index in [9.17, 15) is 0 Å². The molecule has 10 heavy (non-hydrogen) atoms. The van der Waals surface area contributed by atoms with Gasteiger partial charge in [-0.1, -0.05) is 5.92 Å². The Morgan fingerprint density at radius 3 is 3.10 bits per heavy atom. The molecule has 0 amide bonds. The first-order valence-electron chi connectivity index (χ1n) is 2.66. The third kappa shape index (κ3) is 1.13. The van der Waals surface area contributed by atoms with E-state index in [4.69, 9.17) is 12.3 Å². The Morgan fingerprint density at radius 2 is 2.70 bits per heavy atom. The normalized spacial score (nSPS) is 12.4. The van der Waals surface area contributed by atoms with Gasteiger partial charge in [-0.25, -0.2) is 10.4 Å². The van der Waals surface area contributed by atoms with Gasteiger partial charge in [0.1, 0.15) is 12.4 Å². The fourth-order valence-corrected chi connectivity index (χ4v) is 0.560. The van der Waals surface area contributed by atoms with Crippen LogP contribution in [0.3, 0.4) is 0 Å². The molecule has 0 aliphatic carbocycles. The molecule has 0 spiro atoms. The molecule has 0 aliphatic rings. The van der Waals surface area contributed by atoms with E-state index in [1.165, 1.54) is 6.33 Å². The molecule has 52 valence electrons. The van der Waals surface area contributed by atoms with Gasteiger partial charge in [0, 0.05) is 0 Å². The molecular weight excluding hydrogens is 130 g/mol. The zero-order valence-corrected chi connectivity index (χ0v) is 5.20. The largest absolute Gasteiger partial charge is 0.270 e. The zero-order valence-electron chi connectivity index (χ0n) is 5.20. The molecule has 0 saturated carbocycles. The summed E-state index contributed by atoms with van der Waals surface area (Å²) in [5.74, 6) is 8.02. The topological polar surface area (TPSA) is 79.6 Å². The van der Waals surface area contributed by atoms with Crippen molar-refractivity contribution in [3.8, 4) is 12.3 Å². The number of hydrogen-bond acceptors (Lipinski definition) is 4. The van der Waals surface area contributed by atoms with E-state index >= 15 is 0 Å². The minimum absolute atomic E-state index is 0.387. The van der Waals surface area contributed by atoms with Crippen LogP contribution in [0, 0.1) is 12.3 Å². The van der Waals surface area contributed by atoms with Crippen LogP contribution in [0.15, 0.2) is 6.33 Å². The molecule has 5 heteroatoms. The summed E-state index contributed by atoms with van der Waals surface area (Å²) in [5, 5.41) is 6.20. The predicted octanol–water partition coefficient (Wildman–Crippen LogP) is -1.06. The highest BCUT2D eigenvalue weighted by molar-refractivity contribution is 5.08. The van der Waals surface area contributed by atoms with E-state index < -0.39 is 0 Å². The predicted molar refractivity (Wildman–Crippen MR) is 35.3 cm³/mol. The summed E-state index contributed by atoms with van der Waals surface area (Å²) < 4.78 is 0. The van der Waals surface area contributed by atoms with Gasteiger partial charge in [0.05, 0.1) is 0 Å². The molecule has 0 aliphatic heterocycles. The Kier molecular flexibility index (Phi) is 1.99. The third-order valence-electron chi connectivity index (χ3n) is 1.04. The van der Waals surface area contributed by atoms with Gasteiger partial charge >= 0.3 is 0 Å². The fraction of sp³-hybridized carbons (Fsp3) is 0.200. The quantitative estimate of drug-likeness (QED) is 0.276. The molecule has 1 atom stereocenters. The molecular formula is C5H7N5. The fourth-order valence-electron chi connectivity index (χ4n) is 0.560. The van der Waals surface area contributed by atoms with Gasteiger partial charge < -0.3 is 0 Å². The second-order valence-corrected chi connectivity index (χ2v) is 1.64. The maximum atomic E-state index is 5.09. The second-order valence-electron chi connectivity index (χ2n) is 1.64. The number of hydrazine groups is 1. The average molecular weight is 137 g/mol. The Morgan fingerprint density at radius 1 is 1.90 bits per heavy atom. The van der Waals surface area contributed by atoms with Crippen LogP contribution in [-0.4, -0.2) is 15.2 Å². The highest BCUT2D eigenvalue weighted by atomic mass is 15.3. The molecule has 5 nitrogen and oxygen atoms in total. The van der Waals surface area contributed by atoms with E-state index in [1.54, 1.807) is 0 Å². The van der Waals surface area contributed by atoms with E-state index in [2.05, 4.69) is 26.5 Å². The Labute approximate surface area is 58.0 Å². The Hall–Kier alpha value is -1.38. The number of aromatic amines is 1. The molecule has 1 rings (SSSR count). The molecule has 0 bridgehead atoms. The molecule has 0 saturated heterocycles. The van der Waals surface area contributed by atoms with Crippen molar-refractivity contribution in [2.24, 2.45) is 5.84 Å². The van der Waals surface area contributed by atoms with Gasteiger partial charge in [-0.15, -0.1) is 6.42 Å². The van der Waals surface area contributed by atoms with Crippen LogP contribution in [0.25, 0.3) is 0 Å². The number of rotatable bonds is 2. The van der Waals surface area contributed by atoms with Crippen LogP contribution < -0.4 is 11.3 Å². The summed E-state index contributed by atoms with van der Waals surface area (Å²) >= 11 is 0. The van der Waals surface area contributed by atoms with Gasteiger partial charge in [0.15, 0.2) is 5.82 Å². The second kappa shape index (κ2) is 2.96. The van der Waals surface area contributed by atoms with E-state index in [1.807, 2.05) is 0 Å². The van der Waals surface area contributed by atoms with Crippen molar-refractivity contribution in [1.29, 1.82) is 0 Å². The minimum Gasteiger partial charge on any atom is -0.270 e. The number of nitrogens with two attached hydrogens (primary N) is 1. The van der Waals surface area contributed by atoms with E-state index in [0.717, 1.165) is 0 Å². The molecule has 0 aromatic carbocycles. The summed E-state index contributed by atoms with van der Waals surface area (Å²) in [6.07, 6.45) is 6.47. The maximum absolute atomic E-state index is 5.09.